The Kier molecular flexibility index (Phi) is 15.0. The minimum Gasteiger partial charge on any atom is -0.391 e. The molecule has 9 rings (SSSR count). The van der Waals surface area contributed by atoms with Crippen LogP contribution in [0.15, 0.2) is 103 Å². The summed E-state index contributed by atoms with van der Waals surface area (Å²) in [4.78, 5) is 79.8. The second-order valence-electron chi connectivity index (χ2n) is 20.8. The van der Waals surface area contributed by atoms with Crippen LogP contribution in [0.1, 0.15) is 108 Å². The molecule has 0 radical (unpaired) electrons. The number of nitrogens with zero attached hydrogens (tertiary/aromatic N) is 7. The largest absolute Gasteiger partial charge is 0.391 e. The number of hydrogen-bond donors (Lipinski definition) is 4. The van der Waals surface area contributed by atoms with Gasteiger partial charge in [0, 0.05) is 85.7 Å². The Bertz CT molecular complexity index is 2870. The van der Waals surface area contributed by atoms with E-state index in [4.69, 9.17) is 4.98 Å². The van der Waals surface area contributed by atoms with Gasteiger partial charge in [0.05, 0.1) is 33.7 Å². The number of anilines is 2. The van der Waals surface area contributed by atoms with Crippen LogP contribution in [0.4, 0.5) is 16.4 Å². The number of benzene rings is 3. The van der Waals surface area contributed by atoms with Crippen molar-refractivity contribution in [2.45, 2.75) is 129 Å². The van der Waals surface area contributed by atoms with Crippen LogP contribution in [-0.2, 0) is 14.4 Å². The first-order valence-electron chi connectivity index (χ1n) is 25.3. The first-order chi connectivity index (χ1) is 34.6. The summed E-state index contributed by atoms with van der Waals surface area (Å²) < 4.78 is 0. The van der Waals surface area contributed by atoms with Crippen molar-refractivity contribution in [2.24, 2.45) is 5.41 Å². The summed E-state index contributed by atoms with van der Waals surface area (Å²) in [5.41, 5.74) is 8.83. The van der Waals surface area contributed by atoms with Crippen molar-refractivity contribution in [2.75, 3.05) is 29.9 Å². The fourth-order valence-electron chi connectivity index (χ4n) is 10.6. The molecule has 2 aliphatic heterocycles. The summed E-state index contributed by atoms with van der Waals surface area (Å²) in [5, 5.41) is 21.4. The molecule has 5 heterocycles. The van der Waals surface area contributed by atoms with Crippen molar-refractivity contribution in [3.63, 3.8) is 0 Å². The topological polar surface area (TPSA) is 186 Å². The second kappa shape index (κ2) is 21.5. The Hall–Kier alpha value is -6.78. The summed E-state index contributed by atoms with van der Waals surface area (Å²) in [6.07, 6.45) is 7.98. The average Bonchev–Trinajstić information content (AvgIpc) is 4.00. The van der Waals surface area contributed by atoms with E-state index in [-0.39, 0.29) is 54.9 Å². The van der Waals surface area contributed by atoms with Crippen LogP contribution in [0.2, 0.25) is 0 Å². The molecule has 15 nitrogen and oxygen atoms in total. The molecule has 0 spiro atoms. The van der Waals surface area contributed by atoms with Crippen molar-refractivity contribution in [3.05, 3.63) is 120 Å². The third-order valence-corrected chi connectivity index (χ3v) is 15.7. The Balaban J connectivity index is 0.759. The van der Waals surface area contributed by atoms with Gasteiger partial charge in [-0.25, -0.2) is 19.7 Å². The molecule has 6 aromatic rings. The number of nitrogens with one attached hydrogen (secondary N) is 3. The molecule has 72 heavy (non-hydrogen) atoms. The number of carbonyl (C=O) groups excluding carboxylic acids is 4. The number of aliphatic hydroxyl groups is 1. The fourth-order valence-corrected chi connectivity index (χ4v) is 11.4. The zero-order valence-corrected chi connectivity index (χ0v) is 42.9. The van der Waals surface area contributed by atoms with Crippen LogP contribution in [-0.4, -0.2) is 109 Å². The van der Waals surface area contributed by atoms with Crippen LogP contribution in [0.3, 0.4) is 0 Å². The number of aryl methyl sites for hydroxylation is 1. The molecule has 5 amide bonds. The predicted octanol–water partition coefficient (Wildman–Crippen LogP) is 9.04. The maximum absolute atomic E-state index is 14.4. The number of likely N-dealkylation sites (tertiary alicyclic amines) is 2. The fraction of sp³-hybridized carbons (Fsp3) is 0.429. The number of aromatic nitrogens is 4. The minimum atomic E-state index is -0.933. The third-order valence-electron chi connectivity index (χ3n) is 14.7. The van der Waals surface area contributed by atoms with E-state index in [1.807, 2.05) is 130 Å². The smallest absolute Gasteiger partial charge is 0.318 e. The van der Waals surface area contributed by atoms with Gasteiger partial charge in [-0.3, -0.25) is 19.4 Å². The standard InChI is InChI=1S/C56H66N10O5S/c1-34(37-11-13-40(14-12-37)50-35(2)59-33-72-50)60-52(69)49-29-46(68)32-65(49)53(70)51(56(4,5)6)63-55(71)64-27-25-39(26-28-64)47-24-17-41(30-57-47)38-15-20-44(21-16-38)66(36(3)67)45-22-18-43(19-23-45)61-54-58-31-42-9-7-8-10-48(42)62-54/h7-17,20-21,24,30-31,33-34,39,43,45-46,49,51,68H,18-19,22-23,25-29,32H2,1-6H3,(H,60,69)(H,63,71)(H,58,61,62)/t34-,43?,45?,46+,49-,51+/m0/s1. The number of para-hydroxylation sites is 1. The molecule has 0 bridgehead atoms. The molecule has 3 aromatic carbocycles. The van der Waals surface area contributed by atoms with E-state index >= 15 is 0 Å². The van der Waals surface area contributed by atoms with Crippen LogP contribution in [0.5, 0.6) is 0 Å². The number of hydrogen-bond acceptors (Lipinski definition) is 11. The Morgan fingerprint density at radius 3 is 2.15 bits per heavy atom. The Labute approximate surface area is 425 Å². The van der Waals surface area contributed by atoms with Gasteiger partial charge in [0.15, 0.2) is 0 Å². The van der Waals surface area contributed by atoms with Gasteiger partial charge < -0.3 is 35.8 Å². The van der Waals surface area contributed by atoms with E-state index in [0.29, 0.717) is 31.9 Å². The molecule has 1 saturated carbocycles. The number of piperidine rings is 1. The second-order valence-corrected chi connectivity index (χ2v) is 21.7. The minimum absolute atomic E-state index is 0.00230. The van der Waals surface area contributed by atoms with E-state index in [1.54, 1.807) is 23.2 Å². The van der Waals surface area contributed by atoms with Crippen LogP contribution < -0.4 is 20.9 Å². The van der Waals surface area contributed by atoms with Crippen molar-refractivity contribution in [1.82, 2.24) is 40.4 Å². The van der Waals surface area contributed by atoms with Crippen molar-refractivity contribution in [3.8, 4) is 21.6 Å². The normalized spacial score (nSPS) is 20.4. The first kappa shape index (κ1) is 50.2. The molecule has 16 heteroatoms. The molecule has 3 aliphatic rings. The van der Waals surface area contributed by atoms with E-state index in [2.05, 4.69) is 43.0 Å². The lowest BCUT2D eigenvalue weighted by molar-refractivity contribution is -0.142. The molecule has 376 valence electrons. The number of carbonyl (C=O) groups is 4. The predicted molar refractivity (Wildman–Crippen MR) is 282 cm³/mol. The van der Waals surface area contributed by atoms with E-state index in [1.165, 1.54) is 4.90 Å². The lowest BCUT2D eigenvalue weighted by atomic mass is 9.85. The SMILES string of the molecule is CC(=O)N(c1ccc(-c2ccc(C3CCN(C(=O)N[C@H](C(=O)N4C[C@H](O)C[C@H]4C(=O)N[C@@H](C)c4ccc(-c5scnc5C)cc4)C(C)(C)C)CC3)nc2)cc1)C1CCC(Nc2ncc3ccccc3n2)CC1. The zero-order chi connectivity index (χ0) is 50.7. The van der Waals surface area contributed by atoms with Crippen molar-refractivity contribution in [1.29, 1.82) is 0 Å². The maximum Gasteiger partial charge on any atom is 0.318 e. The lowest BCUT2D eigenvalue weighted by Gasteiger charge is -2.38. The molecular formula is C56H66N10O5S. The van der Waals surface area contributed by atoms with E-state index in [0.717, 1.165) is 80.8 Å². The van der Waals surface area contributed by atoms with Crippen LogP contribution in [0, 0.1) is 12.3 Å². The molecular weight excluding hydrogens is 925 g/mol. The van der Waals surface area contributed by atoms with Gasteiger partial charge in [0.25, 0.3) is 0 Å². The summed E-state index contributed by atoms with van der Waals surface area (Å²) in [6.45, 7) is 12.2. The van der Waals surface area contributed by atoms with Gasteiger partial charge >= 0.3 is 6.03 Å². The van der Waals surface area contributed by atoms with Crippen LogP contribution in [0.25, 0.3) is 32.5 Å². The molecule has 4 N–H and O–H groups in total. The third kappa shape index (κ3) is 11.3. The monoisotopic (exact) mass is 990 g/mol. The molecule has 3 fully saturated rings. The number of β-amino-alcohol motifs (C(OH)–C–C–N with tert-alkyl or cyclic N) is 1. The molecule has 2 saturated heterocycles. The number of rotatable bonds is 12. The first-order valence-corrected chi connectivity index (χ1v) is 26.2. The van der Waals surface area contributed by atoms with Crippen molar-refractivity contribution >= 4 is 57.6 Å². The molecule has 4 atom stereocenters. The lowest BCUT2D eigenvalue weighted by Crippen LogP contribution is -2.60. The number of amides is 5. The molecule has 3 aromatic heterocycles. The number of pyridine rings is 1. The maximum atomic E-state index is 14.4. The Morgan fingerprint density at radius 2 is 1.50 bits per heavy atom. The molecule has 0 unspecified atom stereocenters. The summed E-state index contributed by atoms with van der Waals surface area (Å²) >= 11 is 1.58. The highest BCUT2D eigenvalue weighted by molar-refractivity contribution is 7.13. The number of urea groups is 1. The number of fused-ring (bicyclic) bond motifs is 1. The quantitative estimate of drug-likeness (QED) is 0.0922. The zero-order valence-electron chi connectivity index (χ0n) is 42.0. The van der Waals surface area contributed by atoms with Gasteiger partial charge in [0.2, 0.25) is 23.7 Å². The van der Waals surface area contributed by atoms with Gasteiger partial charge in [-0.1, -0.05) is 81.4 Å². The summed E-state index contributed by atoms with van der Waals surface area (Å²) in [6, 6.07) is 26.1. The summed E-state index contributed by atoms with van der Waals surface area (Å²) in [7, 11) is 0. The highest BCUT2D eigenvalue weighted by atomic mass is 32.1. The highest BCUT2D eigenvalue weighted by Crippen LogP contribution is 2.34. The summed E-state index contributed by atoms with van der Waals surface area (Å²) in [5.74, 6) is 0.0819. The van der Waals surface area contributed by atoms with E-state index < -0.39 is 29.5 Å². The van der Waals surface area contributed by atoms with Gasteiger partial charge in [0.1, 0.15) is 12.1 Å². The van der Waals surface area contributed by atoms with Gasteiger partial charge in [-0.05, 0) is 98.7 Å². The number of thiazole rings is 1. The molecule has 1 aliphatic carbocycles. The van der Waals surface area contributed by atoms with Gasteiger partial charge in [-0.15, -0.1) is 11.3 Å². The highest BCUT2D eigenvalue weighted by Gasteiger charge is 2.45. The number of aliphatic hydroxyl groups excluding tert-OH is 1. The average molecular weight is 991 g/mol. The van der Waals surface area contributed by atoms with E-state index in [9.17, 15) is 24.3 Å². The van der Waals surface area contributed by atoms with Crippen LogP contribution >= 0.6 is 11.3 Å². The van der Waals surface area contributed by atoms with Crippen molar-refractivity contribution < 1.29 is 24.3 Å². The van der Waals surface area contributed by atoms with Gasteiger partial charge in [-0.2, -0.15) is 0 Å². The Morgan fingerprint density at radius 1 is 0.806 bits per heavy atom.